The van der Waals surface area contributed by atoms with E-state index in [1.54, 1.807) is 0 Å². The van der Waals surface area contributed by atoms with Crippen molar-refractivity contribution in [1.82, 2.24) is 0 Å². The molecule has 0 spiro atoms. The van der Waals surface area contributed by atoms with Crippen LogP contribution in [0.25, 0.3) is 0 Å². The van der Waals surface area contributed by atoms with E-state index in [-0.39, 0.29) is 11.7 Å². The van der Waals surface area contributed by atoms with Crippen LogP contribution in [0.15, 0.2) is 27.9 Å². The summed E-state index contributed by atoms with van der Waals surface area (Å²) in [7, 11) is 0. The van der Waals surface area contributed by atoms with Crippen molar-refractivity contribution in [3.63, 3.8) is 0 Å². The first-order chi connectivity index (χ1) is 6.54. The monoisotopic (exact) mass is 229 g/mol. The van der Waals surface area contributed by atoms with Crippen molar-refractivity contribution in [2.24, 2.45) is 5.92 Å². The molecule has 0 fully saturated rings. The summed E-state index contributed by atoms with van der Waals surface area (Å²) in [6.45, 7) is 4.00. The summed E-state index contributed by atoms with van der Waals surface area (Å²) in [5.74, 6) is 0.260. The maximum absolute atomic E-state index is 10.6. The number of allylic oxidation sites excluding steroid dienone is 1. The second kappa shape index (κ2) is 4.99. The molecule has 0 radical (unpaired) electrons. The average molecular weight is 229 g/mol. The van der Waals surface area contributed by atoms with E-state index in [1.807, 2.05) is 13.8 Å². The number of hydrogen-bond donors (Lipinski definition) is 1. The molecule has 2 atom stereocenters. The van der Waals surface area contributed by atoms with Crippen molar-refractivity contribution in [3.8, 4) is 0 Å². The van der Waals surface area contributed by atoms with Crippen LogP contribution in [0.5, 0.6) is 0 Å². The average Bonchev–Trinajstić information content (AvgIpc) is 2.10. The van der Waals surface area contributed by atoms with Crippen LogP contribution < -0.4 is 0 Å². The van der Waals surface area contributed by atoms with Gasteiger partial charge in [0.25, 0.3) is 0 Å². The Labute approximate surface area is 92.5 Å². The van der Waals surface area contributed by atoms with E-state index in [9.17, 15) is 8.76 Å². The van der Waals surface area contributed by atoms with Gasteiger partial charge in [-0.3, -0.25) is 4.21 Å². The molecular formula is C10H13O2S2-. The van der Waals surface area contributed by atoms with E-state index < -0.39 is 11.1 Å². The van der Waals surface area contributed by atoms with Crippen LogP contribution in [0.1, 0.15) is 20.3 Å². The molecule has 0 aromatic rings. The molecule has 0 saturated heterocycles. The molecule has 0 aliphatic heterocycles. The Bertz CT molecular complexity index is 349. The third-order valence-electron chi connectivity index (χ3n) is 2.26. The Balaban J connectivity index is 3.02. The lowest BCUT2D eigenvalue weighted by atomic mass is 9.92. The maximum Gasteiger partial charge on any atom is 0.0488 e. The van der Waals surface area contributed by atoms with Gasteiger partial charge in [0.15, 0.2) is 0 Å². The zero-order chi connectivity index (χ0) is 10.7. The van der Waals surface area contributed by atoms with Gasteiger partial charge < -0.3 is 4.55 Å². The smallest absolute Gasteiger partial charge is 0.0488 e. The Morgan fingerprint density at radius 2 is 2.36 bits per heavy atom. The van der Waals surface area contributed by atoms with Crippen LogP contribution in [0.4, 0.5) is 0 Å². The highest BCUT2D eigenvalue weighted by molar-refractivity contribution is 7.84. The highest BCUT2D eigenvalue weighted by Gasteiger charge is 2.14. The minimum Gasteiger partial charge on any atom is -0.772 e. The van der Waals surface area contributed by atoms with Crippen LogP contribution >= 0.6 is 12.6 Å². The molecule has 4 heteroatoms. The van der Waals surface area contributed by atoms with Crippen LogP contribution in [0.2, 0.25) is 0 Å². The molecule has 0 amide bonds. The largest absolute Gasteiger partial charge is 0.772 e. The van der Waals surface area contributed by atoms with Gasteiger partial charge in [0.05, 0.1) is 0 Å². The van der Waals surface area contributed by atoms with Crippen molar-refractivity contribution >= 4 is 23.7 Å². The molecule has 78 valence electrons. The third-order valence-corrected chi connectivity index (χ3v) is 3.28. The summed E-state index contributed by atoms with van der Waals surface area (Å²) in [6, 6.07) is 0. The quantitative estimate of drug-likeness (QED) is 0.458. The van der Waals surface area contributed by atoms with Gasteiger partial charge in [-0.1, -0.05) is 24.1 Å². The fraction of sp³-hybridized carbons (Fsp3) is 0.500. The Kier molecular flexibility index (Phi) is 4.20. The van der Waals surface area contributed by atoms with E-state index in [0.717, 1.165) is 22.5 Å². The van der Waals surface area contributed by atoms with E-state index in [0.29, 0.717) is 0 Å². The summed E-state index contributed by atoms with van der Waals surface area (Å²) in [5.41, 5.74) is 4.92. The number of hydrogen-bond acceptors (Lipinski definition) is 3. The summed E-state index contributed by atoms with van der Waals surface area (Å²) >= 11 is 2.20. The van der Waals surface area contributed by atoms with Gasteiger partial charge in [-0.15, -0.1) is 18.4 Å². The van der Waals surface area contributed by atoms with Gasteiger partial charge in [0.2, 0.25) is 0 Å². The van der Waals surface area contributed by atoms with Crippen LogP contribution in [-0.4, -0.2) is 14.5 Å². The molecule has 0 aromatic carbocycles. The van der Waals surface area contributed by atoms with Gasteiger partial charge in [0, 0.05) is 16.6 Å². The molecule has 1 rings (SSSR count). The highest BCUT2D eigenvalue weighted by atomic mass is 32.2. The predicted molar refractivity (Wildman–Crippen MR) is 60.8 cm³/mol. The van der Waals surface area contributed by atoms with Crippen LogP contribution in [0, 0.1) is 5.92 Å². The molecule has 2 nitrogen and oxygen atoms in total. The summed E-state index contributed by atoms with van der Waals surface area (Å²) in [5, 5.41) is 0. The Morgan fingerprint density at radius 1 is 1.71 bits per heavy atom. The lowest BCUT2D eigenvalue weighted by molar-refractivity contribution is 0.537. The molecular weight excluding hydrogens is 216 g/mol. The third kappa shape index (κ3) is 2.85. The van der Waals surface area contributed by atoms with E-state index in [1.165, 1.54) is 0 Å². The van der Waals surface area contributed by atoms with Gasteiger partial charge in [-0.25, -0.2) is 0 Å². The second-order valence-electron chi connectivity index (χ2n) is 3.31. The van der Waals surface area contributed by atoms with E-state index in [4.69, 9.17) is 0 Å². The van der Waals surface area contributed by atoms with Gasteiger partial charge in [-0.2, -0.15) is 0 Å². The fourth-order valence-electron chi connectivity index (χ4n) is 1.46. The summed E-state index contributed by atoms with van der Waals surface area (Å²) < 4.78 is 21.2. The SMILES string of the molecule is CCC1C=C(C)C(S)=C=C1CS(=O)[O-]. The van der Waals surface area contributed by atoms with Crippen molar-refractivity contribution in [3.05, 3.63) is 27.9 Å². The zero-order valence-corrected chi connectivity index (χ0v) is 9.95. The van der Waals surface area contributed by atoms with Crippen molar-refractivity contribution in [2.45, 2.75) is 20.3 Å². The molecule has 0 saturated carbocycles. The molecule has 0 bridgehead atoms. The van der Waals surface area contributed by atoms with E-state index >= 15 is 0 Å². The molecule has 1 aliphatic carbocycles. The number of thiol groups is 1. The lowest BCUT2D eigenvalue weighted by Crippen LogP contribution is -2.10. The molecule has 2 unspecified atom stereocenters. The second-order valence-corrected chi connectivity index (χ2v) is 4.65. The minimum absolute atomic E-state index is 0.0619. The standard InChI is InChI=1S/C10H14O2S2/c1-3-8-4-7(2)10(13)5-9(8)6-14(11)12/h4,8,13H,3,6H2,1-2H3,(H,11,12)/p-1. The first-order valence-corrected chi connectivity index (χ1v) is 6.17. The molecule has 0 heterocycles. The topological polar surface area (TPSA) is 40.1 Å². The van der Waals surface area contributed by atoms with Crippen molar-refractivity contribution < 1.29 is 8.76 Å². The molecule has 0 aromatic heterocycles. The fourth-order valence-corrected chi connectivity index (χ4v) is 2.22. The molecule has 0 N–H and O–H groups in total. The summed E-state index contributed by atoms with van der Waals surface area (Å²) in [6.07, 6.45) is 2.96. The lowest BCUT2D eigenvalue weighted by Gasteiger charge is -2.19. The van der Waals surface area contributed by atoms with Gasteiger partial charge in [0.1, 0.15) is 0 Å². The normalized spacial score (nSPS) is 23.7. The number of rotatable bonds is 3. The van der Waals surface area contributed by atoms with Crippen molar-refractivity contribution in [1.29, 1.82) is 0 Å². The molecule has 1 aliphatic rings. The van der Waals surface area contributed by atoms with Crippen LogP contribution in [0.3, 0.4) is 0 Å². The van der Waals surface area contributed by atoms with Crippen LogP contribution in [-0.2, 0) is 11.1 Å². The first kappa shape index (κ1) is 11.8. The summed E-state index contributed by atoms with van der Waals surface area (Å²) in [4.78, 5) is 0.746. The highest BCUT2D eigenvalue weighted by Crippen LogP contribution is 2.27. The maximum atomic E-state index is 10.6. The van der Waals surface area contributed by atoms with Gasteiger partial charge in [-0.05, 0) is 24.5 Å². The first-order valence-electron chi connectivity index (χ1n) is 4.48. The predicted octanol–water partition coefficient (Wildman–Crippen LogP) is 2.19. The van der Waals surface area contributed by atoms with E-state index in [2.05, 4.69) is 24.4 Å². The van der Waals surface area contributed by atoms with Crippen molar-refractivity contribution in [2.75, 3.05) is 5.75 Å². The Hall–Kier alpha value is -0.280. The minimum atomic E-state index is -2.04. The molecule has 14 heavy (non-hydrogen) atoms. The van der Waals surface area contributed by atoms with Gasteiger partial charge >= 0.3 is 0 Å². The zero-order valence-electron chi connectivity index (χ0n) is 8.24. The Morgan fingerprint density at radius 3 is 2.86 bits per heavy atom.